The highest BCUT2D eigenvalue weighted by Gasteiger charge is 2.23. The number of hydrogen-bond donors (Lipinski definition) is 2. The van der Waals surface area contributed by atoms with Crippen molar-refractivity contribution in [2.24, 2.45) is 5.73 Å². The lowest BCUT2D eigenvalue weighted by molar-refractivity contribution is 0.637. The van der Waals surface area contributed by atoms with Gasteiger partial charge in [-0.25, -0.2) is 0 Å². The van der Waals surface area contributed by atoms with Crippen LogP contribution in [0.1, 0.15) is 19.3 Å². The van der Waals surface area contributed by atoms with Gasteiger partial charge in [0.05, 0.1) is 10.2 Å². The molecular formula is C10H14BrN3. The maximum absolute atomic E-state index is 5.98. The first-order valence-corrected chi connectivity index (χ1v) is 5.68. The van der Waals surface area contributed by atoms with Crippen molar-refractivity contribution in [3.63, 3.8) is 0 Å². The van der Waals surface area contributed by atoms with Crippen molar-refractivity contribution in [1.82, 2.24) is 4.98 Å². The number of halogens is 1. The zero-order chi connectivity index (χ0) is 9.97. The Morgan fingerprint density at radius 1 is 1.50 bits per heavy atom. The molecule has 0 aromatic carbocycles. The van der Waals surface area contributed by atoms with Gasteiger partial charge in [-0.05, 0) is 41.3 Å². The van der Waals surface area contributed by atoms with Crippen LogP contribution in [0.2, 0.25) is 0 Å². The fourth-order valence-electron chi connectivity index (χ4n) is 1.86. The normalized spacial score (nSPS) is 26.4. The largest absolute Gasteiger partial charge is 0.380 e. The summed E-state index contributed by atoms with van der Waals surface area (Å²) in [4.78, 5) is 4.02. The highest BCUT2D eigenvalue weighted by Crippen LogP contribution is 2.25. The number of hydrogen-bond acceptors (Lipinski definition) is 3. The molecule has 1 saturated carbocycles. The summed E-state index contributed by atoms with van der Waals surface area (Å²) < 4.78 is 0.999. The third-order valence-electron chi connectivity index (χ3n) is 2.68. The highest BCUT2D eigenvalue weighted by atomic mass is 79.9. The fourth-order valence-corrected chi connectivity index (χ4v) is 2.22. The SMILES string of the molecule is NC1CCCC1Nc1ccncc1Br. The molecule has 1 fully saturated rings. The van der Waals surface area contributed by atoms with Gasteiger partial charge in [0.15, 0.2) is 0 Å². The predicted molar refractivity (Wildman–Crippen MR) is 61.2 cm³/mol. The summed E-state index contributed by atoms with van der Waals surface area (Å²) in [5, 5.41) is 3.45. The van der Waals surface area contributed by atoms with Gasteiger partial charge in [0, 0.05) is 24.5 Å². The Hall–Kier alpha value is -0.610. The van der Waals surface area contributed by atoms with E-state index in [2.05, 4.69) is 26.2 Å². The zero-order valence-corrected chi connectivity index (χ0v) is 9.50. The average Bonchev–Trinajstić information content (AvgIpc) is 2.56. The van der Waals surface area contributed by atoms with E-state index in [1.54, 1.807) is 12.4 Å². The number of pyridine rings is 1. The van der Waals surface area contributed by atoms with E-state index < -0.39 is 0 Å². The minimum Gasteiger partial charge on any atom is -0.380 e. The number of nitrogens with zero attached hydrogens (tertiary/aromatic N) is 1. The van der Waals surface area contributed by atoms with Crippen molar-refractivity contribution in [2.45, 2.75) is 31.3 Å². The predicted octanol–water partition coefficient (Wildman–Crippen LogP) is 2.14. The number of nitrogens with one attached hydrogen (secondary N) is 1. The van der Waals surface area contributed by atoms with Crippen LogP contribution in [0.15, 0.2) is 22.9 Å². The van der Waals surface area contributed by atoms with Crippen LogP contribution in [0, 0.1) is 0 Å². The Morgan fingerprint density at radius 3 is 3.00 bits per heavy atom. The molecule has 1 aliphatic rings. The first-order valence-electron chi connectivity index (χ1n) is 4.89. The molecule has 2 atom stereocenters. The van der Waals surface area contributed by atoms with Gasteiger partial charge in [-0.3, -0.25) is 4.98 Å². The summed E-state index contributed by atoms with van der Waals surface area (Å²) in [5.74, 6) is 0. The van der Waals surface area contributed by atoms with E-state index in [0.29, 0.717) is 6.04 Å². The molecule has 2 rings (SSSR count). The lowest BCUT2D eigenvalue weighted by atomic mass is 10.2. The number of aromatic nitrogens is 1. The molecule has 0 bridgehead atoms. The van der Waals surface area contributed by atoms with E-state index in [4.69, 9.17) is 5.73 Å². The first kappa shape index (κ1) is 9.93. The highest BCUT2D eigenvalue weighted by molar-refractivity contribution is 9.10. The van der Waals surface area contributed by atoms with Crippen molar-refractivity contribution in [1.29, 1.82) is 0 Å². The molecule has 0 radical (unpaired) electrons. The summed E-state index contributed by atoms with van der Waals surface area (Å²) in [5.41, 5.74) is 7.07. The molecule has 0 aliphatic heterocycles. The second kappa shape index (κ2) is 4.28. The number of rotatable bonds is 2. The summed E-state index contributed by atoms with van der Waals surface area (Å²) in [6, 6.07) is 2.67. The van der Waals surface area contributed by atoms with Crippen LogP contribution in [0.4, 0.5) is 5.69 Å². The van der Waals surface area contributed by atoms with E-state index in [-0.39, 0.29) is 6.04 Å². The van der Waals surface area contributed by atoms with Gasteiger partial charge >= 0.3 is 0 Å². The van der Waals surface area contributed by atoms with Crippen LogP contribution in [-0.4, -0.2) is 17.1 Å². The van der Waals surface area contributed by atoms with Gasteiger partial charge < -0.3 is 11.1 Å². The molecule has 2 unspecified atom stereocenters. The summed E-state index contributed by atoms with van der Waals surface area (Å²) in [6.45, 7) is 0. The quantitative estimate of drug-likeness (QED) is 0.852. The van der Waals surface area contributed by atoms with Crippen LogP contribution in [-0.2, 0) is 0 Å². The van der Waals surface area contributed by atoms with Crippen molar-refractivity contribution in [3.8, 4) is 0 Å². The molecule has 1 aromatic heterocycles. The smallest absolute Gasteiger partial charge is 0.0590 e. The molecule has 4 heteroatoms. The van der Waals surface area contributed by atoms with Crippen LogP contribution in [0.5, 0.6) is 0 Å². The Labute approximate surface area is 92.2 Å². The first-order chi connectivity index (χ1) is 6.77. The molecule has 3 N–H and O–H groups in total. The van der Waals surface area contributed by atoms with Gasteiger partial charge in [-0.15, -0.1) is 0 Å². The molecule has 0 spiro atoms. The lowest BCUT2D eigenvalue weighted by Crippen LogP contribution is -2.35. The lowest BCUT2D eigenvalue weighted by Gasteiger charge is -2.19. The van der Waals surface area contributed by atoms with Gasteiger partial charge in [0.25, 0.3) is 0 Å². The van der Waals surface area contributed by atoms with E-state index in [1.165, 1.54) is 6.42 Å². The molecule has 14 heavy (non-hydrogen) atoms. The second-order valence-electron chi connectivity index (χ2n) is 3.70. The minimum absolute atomic E-state index is 0.287. The van der Waals surface area contributed by atoms with Crippen LogP contribution in [0.3, 0.4) is 0 Å². The standard InChI is InChI=1S/C10H14BrN3/c11-7-6-13-5-4-9(7)14-10-3-1-2-8(10)12/h4-6,8,10H,1-3,12H2,(H,13,14). The van der Waals surface area contributed by atoms with Crippen LogP contribution in [0.25, 0.3) is 0 Å². The molecule has 76 valence electrons. The summed E-state index contributed by atoms with van der Waals surface area (Å²) in [6.07, 6.45) is 7.09. The molecule has 0 amide bonds. The third-order valence-corrected chi connectivity index (χ3v) is 3.31. The topological polar surface area (TPSA) is 50.9 Å². The van der Waals surface area contributed by atoms with Crippen molar-refractivity contribution >= 4 is 21.6 Å². The summed E-state index contributed by atoms with van der Waals surface area (Å²) in [7, 11) is 0. The Kier molecular flexibility index (Phi) is 3.03. The summed E-state index contributed by atoms with van der Waals surface area (Å²) >= 11 is 3.46. The molecule has 0 saturated heterocycles. The van der Waals surface area contributed by atoms with Crippen molar-refractivity contribution in [3.05, 3.63) is 22.9 Å². The van der Waals surface area contributed by atoms with Crippen molar-refractivity contribution < 1.29 is 0 Å². The molecule has 3 nitrogen and oxygen atoms in total. The monoisotopic (exact) mass is 255 g/mol. The second-order valence-corrected chi connectivity index (χ2v) is 4.56. The molecule has 1 aromatic rings. The van der Waals surface area contributed by atoms with Gasteiger partial charge in [-0.1, -0.05) is 0 Å². The Morgan fingerprint density at radius 2 is 2.36 bits per heavy atom. The maximum Gasteiger partial charge on any atom is 0.0590 e. The minimum atomic E-state index is 0.287. The Bertz CT molecular complexity index is 316. The van der Waals surface area contributed by atoms with E-state index in [1.807, 2.05) is 6.07 Å². The van der Waals surface area contributed by atoms with Gasteiger partial charge in [0.1, 0.15) is 0 Å². The number of nitrogens with two attached hydrogens (primary N) is 1. The van der Waals surface area contributed by atoms with Gasteiger partial charge in [-0.2, -0.15) is 0 Å². The third kappa shape index (κ3) is 2.07. The fraction of sp³-hybridized carbons (Fsp3) is 0.500. The Balaban J connectivity index is 2.07. The van der Waals surface area contributed by atoms with E-state index in [9.17, 15) is 0 Å². The van der Waals surface area contributed by atoms with Gasteiger partial charge in [0.2, 0.25) is 0 Å². The van der Waals surface area contributed by atoms with Crippen LogP contribution >= 0.6 is 15.9 Å². The van der Waals surface area contributed by atoms with Crippen LogP contribution < -0.4 is 11.1 Å². The van der Waals surface area contributed by atoms with Crippen molar-refractivity contribution in [2.75, 3.05) is 5.32 Å². The zero-order valence-electron chi connectivity index (χ0n) is 7.91. The molecule has 1 heterocycles. The molecule has 1 aliphatic carbocycles. The molecular weight excluding hydrogens is 242 g/mol. The number of anilines is 1. The average molecular weight is 256 g/mol. The van der Waals surface area contributed by atoms with E-state index in [0.717, 1.165) is 23.0 Å². The van der Waals surface area contributed by atoms with E-state index >= 15 is 0 Å². The maximum atomic E-state index is 5.98.